The molecule has 0 spiro atoms. The molecule has 1 unspecified atom stereocenters. The molecule has 5 heteroatoms. The Balaban J connectivity index is 2.39. The zero-order valence-corrected chi connectivity index (χ0v) is 16.2. The lowest BCUT2D eigenvalue weighted by Gasteiger charge is -2.25. The van der Waals surface area contributed by atoms with Crippen molar-refractivity contribution in [1.29, 1.82) is 0 Å². The second-order valence-corrected chi connectivity index (χ2v) is 7.99. The summed E-state index contributed by atoms with van der Waals surface area (Å²) in [4.78, 5) is 14.3. The lowest BCUT2D eigenvalue weighted by Crippen LogP contribution is -2.28. The van der Waals surface area contributed by atoms with Gasteiger partial charge in [-0.3, -0.25) is 0 Å². The van der Waals surface area contributed by atoms with Crippen LogP contribution in [0.4, 0.5) is 0 Å². The summed E-state index contributed by atoms with van der Waals surface area (Å²) >= 11 is 5.11. The molecule has 0 aliphatic carbocycles. The first-order valence-electron chi connectivity index (χ1n) is 7.51. The van der Waals surface area contributed by atoms with E-state index in [1.807, 2.05) is 57.2 Å². The van der Waals surface area contributed by atoms with Gasteiger partial charge in [-0.15, -0.1) is 11.3 Å². The third-order valence-corrected chi connectivity index (χ3v) is 5.13. The quantitative estimate of drug-likeness (QED) is 0.617. The summed E-state index contributed by atoms with van der Waals surface area (Å²) in [5, 5.41) is 0. The van der Waals surface area contributed by atoms with Crippen molar-refractivity contribution >= 4 is 33.2 Å². The van der Waals surface area contributed by atoms with Gasteiger partial charge in [0.05, 0.1) is 17.1 Å². The molecule has 2 rings (SSSR count). The fraction of sp³-hybridized carbons (Fsp3) is 0.389. The summed E-state index contributed by atoms with van der Waals surface area (Å²) in [5.41, 5.74) is 0.663. The first kappa shape index (κ1) is 18.2. The standard InChI is InChI=1S/C18H21BrO3S/c1-5-21-17(20)15(22-18(2,3)4)16-13(19)11-14(23-16)12-9-7-6-8-10-12/h6-11,15H,5H2,1-4H3. The van der Waals surface area contributed by atoms with E-state index in [0.717, 1.165) is 19.8 Å². The Hall–Kier alpha value is -1.17. The van der Waals surface area contributed by atoms with E-state index in [0.29, 0.717) is 6.61 Å². The monoisotopic (exact) mass is 396 g/mol. The highest BCUT2D eigenvalue weighted by molar-refractivity contribution is 9.10. The van der Waals surface area contributed by atoms with Crippen LogP contribution in [0.3, 0.4) is 0 Å². The van der Waals surface area contributed by atoms with Crippen LogP contribution in [0, 0.1) is 0 Å². The van der Waals surface area contributed by atoms with Crippen LogP contribution >= 0.6 is 27.3 Å². The number of carbonyl (C=O) groups is 1. The fourth-order valence-corrected chi connectivity index (χ4v) is 3.99. The number of thiophene rings is 1. The first-order valence-corrected chi connectivity index (χ1v) is 9.12. The van der Waals surface area contributed by atoms with Gasteiger partial charge >= 0.3 is 5.97 Å². The molecule has 23 heavy (non-hydrogen) atoms. The molecular weight excluding hydrogens is 376 g/mol. The SMILES string of the molecule is CCOC(=O)C(OC(C)(C)C)c1sc(-c2ccccc2)cc1Br. The summed E-state index contributed by atoms with van der Waals surface area (Å²) in [6.45, 7) is 7.92. The summed E-state index contributed by atoms with van der Waals surface area (Å²) in [6.07, 6.45) is -0.730. The highest BCUT2D eigenvalue weighted by Crippen LogP contribution is 2.41. The molecule has 0 saturated heterocycles. The molecular formula is C18H21BrO3S. The molecule has 124 valence electrons. The number of benzene rings is 1. The van der Waals surface area contributed by atoms with Crippen molar-refractivity contribution in [3.63, 3.8) is 0 Å². The van der Waals surface area contributed by atoms with E-state index in [1.165, 1.54) is 0 Å². The van der Waals surface area contributed by atoms with Crippen LogP contribution in [0.25, 0.3) is 10.4 Å². The molecule has 0 fully saturated rings. The van der Waals surface area contributed by atoms with Crippen LogP contribution in [0.1, 0.15) is 38.7 Å². The van der Waals surface area contributed by atoms with Crippen molar-refractivity contribution in [3.05, 3.63) is 45.7 Å². The van der Waals surface area contributed by atoms with Crippen LogP contribution in [-0.4, -0.2) is 18.2 Å². The second-order valence-electron chi connectivity index (χ2n) is 6.05. The van der Waals surface area contributed by atoms with Crippen molar-refractivity contribution in [2.45, 2.75) is 39.4 Å². The Bertz CT molecular complexity index is 659. The van der Waals surface area contributed by atoms with Gasteiger partial charge in [-0.05, 0) is 55.3 Å². The van der Waals surface area contributed by atoms with Gasteiger partial charge in [-0.25, -0.2) is 4.79 Å². The molecule has 0 amide bonds. The maximum Gasteiger partial charge on any atom is 0.340 e. The van der Waals surface area contributed by atoms with E-state index in [1.54, 1.807) is 18.3 Å². The average molecular weight is 397 g/mol. The third kappa shape index (κ3) is 4.90. The molecule has 3 nitrogen and oxygen atoms in total. The molecule has 2 aromatic rings. The maximum atomic E-state index is 12.4. The van der Waals surface area contributed by atoms with Gasteiger partial charge in [0.25, 0.3) is 0 Å². The van der Waals surface area contributed by atoms with Gasteiger partial charge in [0, 0.05) is 9.35 Å². The lowest BCUT2D eigenvalue weighted by atomic mass is 10.1. The summed E-state index contributed by atoms with van der Waals surface area (Å²) in [6, 6.07) is 12.1. The Morgan fingerprint density at radius 2 is 1.91 bits per heavy atom. The number of halogens is 1. The Morgan fingerprint density at radius 1 is 1.26 bits per heavy atom. The predicted octanol–water partition coefficient (Wildman–Crippen LogP) is 5.60. The second kappa shape index (κ2) is 7.60. The van der Waals surface area contributed by atoms with Crippen molar-refractivity contribution in [2.75, 3.05) is 6.61 Å². The van der Waals surface area contributed by atoms with Crippen LogP contribution in [0.15, 0.2) is 40.9 Å². The highest BCUT2D eigenvalue weighted by Gasteiger charge is 2.31. The molecule has 0 aliphatic heterocycles. The van der Waals surface area contributed by atoms with Gasteiger partial charge in [-0.1, -0.05) is 30.3 Å². The minimum Gasteiger partial charge on any atom is -0.464 e. The van der Waals surface area contributed by atoms with Crippen molar-refractivity contribution in [3.8, 4) is 10.4 Å². The molecule has 1 aromatic carbocycles. The molecule has 1 heterocycles. The fourth-order valence-electron chi connectivity index (χ4n) is 2.09. The van der Waals surface area contributed by atoms with Crippen LogP contribution in [0.5, 0.6) is 0 Å². The molecule has 0 N–H and O–H groups in total. The Morgan fingerprint density at radius 3 is 2.48 bits per heavy atom. The van der Waals surface area contributed by atoms with Crippen LogP contribution < -0.4 is 0 Å². The number of rotatable bonds is 5. The van der Waals surface area contributed by atoms with Gasteiger partial charge in [0.1, 0.15) is 0 Å². The molecule has 1 atom stereocenters. The number of esters is 1. The normalized spacial score (nSPS) is 12.9. The summed E-state index contributed by atoms with van der Waals surface area (Å²) in [7, 11) is 0. The maximum absolute atomic E-state index is 12.4. The topological polar surface area (TPSA) is 35.5 Å². The Labute approximate surface area is 149 Å². The minimum absolute atomic E-state index is 0.331. The lowest BCUT2D eigenvalue weighted by molar-refractivity contribution is -0.166. The number of hydrogen-bond acceptors (Lipinski definition) is 4. The van der Waals surface area contributed by atoms with Crippen molar-refractivity contribution in [2.24, 2.45) is 0 Å². The molecule has 1 aromatic heterocycles. The summed E-state index contributed by atoms with van der Waals surface area (Å²) < 4.78 is 12.0. The zero-order chi connectivity index (χ0) is 17.0. The number of ether oxygens (including phenoxy) is 2. The van der Waals surface area contributed by atoms with Gasteiger partial charge in [-0.2, -0.15) is 0 Å². The van der Waals surface area contributed by atoms with E-state index in [-0.39, 0.29) is 5.97 Å². The molecule has 0 aliphatic rings. The number of hydrogen-bond donors (Lipinski definition) is 0. The van der Waals surface area contributed by atoms with Crippen LogP contribution in [0.2, 0.25) is 0 Å². The van der Waals surface area contributed by atoms with E-state index < -0.39 is 11.7 Å². The van der Waals surface area contributed by atoms with E-state index in [2.05, 4.69) is 15.9 Å². The van der Waals surface area contributed by atoms with Crippen LogP contribution in [-0.2, 0) is 14.3 Å². The molecule has 0 saturated carbocycles. The third-order valence-electron chi connectivity index (χ3n) is 2.98. The largest absolute Gasteiger partial charge is 0.464 e. The zero-order valence-electron chi connectivity index (χ0n) is 13.8. The van der Waals surface area contributed by atoms with Gasteiger partial charge in [0.2, 0.25) is 0 Å². The Kier molecular flexibility index (Phi) is 6.00. The van der Waals surface area contributed by atoms with Gasteiger partial charge in [0.15, 0.2) is 6.10 Å². The number of carbonyl (C=O) groups excluding carboxylic acids is 1. The first-order chi connectivity index (χ1) is 10.8. The smallest absolute Gasteiger partial charge is 0.340 e. The minimum atomic E-state index is -0.730. The van der Waals surface area contributed by atoms with Crippen molar-refractivity contribution in [1.82, 2.24) is 0 Å². The average Bonchev–Trinajstić information content (AvgIpc) is 2.87. The van der Waals surface area contributed by atoms with E-state index in [4.69, 9.17) is 9.47 Å². The van der Waals surface area contributed by atoms with Gasteiger partial charge < -0.3 is 9.47 Å². The molecule has 0 bridgehead atoms. The van der Waals surface area contributed by atoms with Crippen molar-refractivity contribution < 1.29 is 14.3 Å². The molecule has 0 radical (unpaired) electrons. The van der Waals surface area contributed by atoms with E-state index >= 15 is 0 Å². The van der Waals surface area contributed by atoms with E-state index in [9.17, 15) is 4.79 Å². The summed E-state index contributed by atoms with van der Waals surface area (Å²) in [5.74, 6) is -0.357. The highest BCUT2D eigenvalue weighted by atomic mass is 79.9. The predicted molar refractivity (Wildman–Crippen MR) is 97.7 cm³/mol.